The zero-order valence-electron chi connectivity index (χ0n) is 5.68. The van der Waals surface area contributed by atoms with Crippen LogP contribution in [0.2, 0.25) is 0 Å². The summed E-state index contributed by atoms with van der Waals surface area (Å²) in [5.74, 6) is 0.912. The summed E-state index contributed by atoms with van der Waals surface area (Å²) in [6.45, 7) is 4.52. The quantitative estimate of drug-likeness (QED) is 0.549. The van der Waals surface area contributed by atoms with Crippen molar-refractivity contribution in [1.29, 1.82) is 0 Å². The minimum Gasteiger partial charge on any atom is -0.147 e. The van der Waals surface area contributed by atoms with Crippen molar-refractivity contribution in [1.82, 2.24) is 0 Å². The Balaban J connectivity index is 0. The Kier molecular flexibility index (Phi) is 11.1. The molecule has 0 heterocycles. The summed E-state index contributed by atoms with van der Waals surface area (Å²) in [5.41, 5.74) is 0. The van der Waals surface area contributed by atoms with Gasteiger partial charge in [0.25, 0.3) is 0 Å². The van der Waals surface area contributed by atoms with Crippen LogP contribution in [0.25, 0.3) is 0 Å². The molecule has 0 fully saturated rings. The highest BCUT2D eigenvalue weighted by molar-refractivity contribution is 7.16. The lowest BCUT2D eigenvalue weighted by atomic mass is 10.1. The fraction of sp³-hybridized carbons (Fsp3) is 1.00. The molecule has 0 saturated heterocycles. The molecule has 0 saturated carbocycles. The SMILES string of the molecule is CCCC(C)CP.Cl. The normalized spacial score (nSPS) is 12.4. The Morgan fingerprint density at radius 1 is 1.50 bits per heavy atom. The van der Waals surface area contributed by atoms with E-state index in [-0.39, 0.29) is 12.4 Å². The van der Waals surface area contributed by atoms with Crippen molar-refractivity contribution in [2.45, 2.75) is 26.7 Å². The molecule has 0 spiro atoms. The molecule has 0 aromatic carbocycles. The van der Waals surface area contributed by atoms with E-state index in [1.807, 2.05) is 0 Å². The second kappa shape index (κ2) is 7.72. The third-order valence-corrected chi connectivity index (χ3v) is 1.99. The molecule has 0 rings (SSSR count). The molecule has 2 atom stereocenters. The monoisotopic (exact) mass is 154 g/mol. The number of halogens is 1. The summed E-state index contributed by atoms with van der Waals surface area (Å²) >= 11 is 0. The van der Waals surface area contributed by atoms with Gasteiger partial charge < -0.3 is 0 Å². The summed E-state index contributed by atoms with van der Waals surface area (Å²) in [5, 5.41) is 0. The smallest absolute Gasteiger partial charge is 0.0355 e. The van der Waals surface area contributed by atoms with E-state index in [0.717, 1.165) is 5.92 Å². The maximum absolute atomic E-state index is 2.77. The molecular formula is C6H16ClP. The third-order valence-electron chi connectivity index (χ3n) is 1.18. The van der Waals surface area contributed by atoms with E-state index in [1.165, 1.54) is 19.0 Å². The van der Waals surface area contributed by atoms with Crippen LogP contribution >= 0.6 is 21.6 Å². The van der Waals surface area contributed by atoms with Gasteiger partial charge in [0.15, 0.2) is 0 Å². The first kappa shape index (κ1) is 11.5. The van der Waals surface area contributed by atoms with E-state index in [9.17, 15) is 0 Å². The molecule has 0 nitrogen and oxygen atoms in total. The van der Waals surface area contributed by atoms with Crippen LogP contribution < -0.4 is 0 Å². The van der Waals surface area contributed by atoms with E-state index < -0.39 is 0 Å². The van der Waals surface area contributed by atoms with Gasteiger partial charge in [-0.2, -0.15) is 0 Å². The second-order valence-corrected chi connectivity index (χ2v) is 2.60. The topological polar surface area (TPSA) is 0 Å². The van der Waals surface area contributed by atoms with Crippen molar-refractivity contribution in [3.63, 3.8) is 0 Å². The van der Waals surface area contributed by atoms with Crippen LogP contribution in [-0.4, -0.2) is 6.16 Å². The maximum atomic E-state index is 2.77. The van der Waals surface area contributed by atoms with Gasteiger partial charge in [0.2, 0.25) is 0 Å². The van der Waals surface area contributed by atoms with Crippen molar-refractivity contribution in [3.8, 4) is 0 Å². The fourth-order valence-electron chi connectivity index (χ4n) is 0.611. The van der Waals surface area contributed by atoms with Crippen LogP contribution in [0.15, 0.2) is 0 Å². The standard InChI is InChI=1S/C6H15P.ClH/c1-3-4-6(2)5-7;/h6H,3-5,7H2,1-2H3;1H. The zero-order valence-corrected chi connectivity index (χ0v) is 7.66. The van der Waals surface area contributed by atoms with Crippen LogP contribution in [-0.2, 0) is 0 Å². The van der Waals surface area contributed by atoms with Gasteiger partial charge in [-0.15, -0.1) is 21.6 Å². The minimum absolute atomic E-state index is 0. The van der Waals surface area contributed by atoms with Gasteiger partial charge in [-0.1, -0.05) is 26.7 Å². The van der Waals surface area contributed by atoms with Crippen molar-refractivity contribution < 1.29 is 0 Å². The van der Waals surface area contributed by atoms with Crippen molar-refractivity contribution in [2.75, 3.05) is 6.16 Å². The van der Waals surface area contributed by atoms with Gasteiger partial charge in [-0.25, -0.2) is 0 Å². The Bertz CT molecular complexity index is 39.5. The summed E-state index contributed by atoms with van der Waals surface area (Å²) in [6.07, 6.45) is 3.97. The van der Waals surface area contributed by atoms with E-state index >= 15 is 0 Å². The van der Waals surface area contributed by atoms with E-state index in [4.69, 9.17) is 0 Å². The average molecular weight is 155 g/mol. The summed E-state index contributed by atoms with van der Waals surface area (Å²) in [7, 11) is 2.77. The van der Waals surface area contributed by atoms with E-state index in [0.29, 0.717) is 0 Å². The molecule has 0 aliphatic rings. The molecule has 0 N–H and O–H groups in total. The predicted octanol–water partition coefficient (Wildman–Crippen LogP) is 2.72. The van der Waals surface area contributed by atoms with Crippen LogP contribution in [0.4, 0.5) is 0 Å². The molecule has 0 aromatic heterocycles. The predicted molar refractivity (Wildman–Crippen MR) is 45.9 cm³/mol. The van der Waals surface area contributed by atoms with Gasteiger partial charge in [-0.3, -0.25) is 0 Å². The van der Waals surface area contributed by atoms with Crippen molar-refractivity contribution in [2.24, 2.45) is 5.92 Å². The van der Waals surface area contributed by atoms with Gasteiger partial charge >= 0.3 is 0 Å². The molecule has 0 aromatic rings. The van der Waals surface area contributed by atoms with Gasteiger partial charge in [0, 0.05) is 0 Å². The van der Waals surface area contributed by atoms with Crippen LogP contribution in [0, 0.1) is 5.92 Å². The maximum Gasteiger partial charge on any atom is -0.0355 e. The van der Waals surface area contributed by atoms with Crippen LogP contribution in [0.5, 0.6) is 0 Å². The molecule has 2 heteroatoms. The number of hydrogen-bond donors (Lipinski definition) is 0. The highest BCUT2D eigenvalue weighted by atomic mass is 35.5. The molecule has 52 valence electrons. The Labute approximate surface area is 61.0 Å². The van der Waals surface area contributed by atoms with E-state index in [2.05, 4.69) is 23.1 Å². The summed E-state index contributed by atoms with van der Waals surface area (Å²) in [6, 6.07) is 0. The summed E-state index contributed by atoms with van der Waals surface area (Å²) < 4.78 is 0. The first-order chi connectivity index (χ1) is 3.31. The molecule has 8 heavy (non-hydrogen) atoms. The van der Waals surface area contributed by atoms with E-state index in [1.54, 1.807) is 0 Å². The molecule has 2 unspecified atom stereocenters. The minimum atomic E-state index is 0. The Morgan fingerprint density at radius 3 is 2.12 bits per heavy atom. The largest absolute Gasteiger partial charge is 0.147 e. The molecule has 0 aliphatic heterocycles. The van der Waals surface area contributed by atoms with Crippen LogP contribution in [0.1, 0.15) is 26.7 Å². The lowest BCUT2D eigenvalue weighted by Gasteiger charge is -2.02. The number of hydrogen-bond acceptors (Lipinski definition) is 0. The first-order valence-corrected chi connectivity index (χ1v) is 3.83. The van der Waals surface area contributed by atoms with Crippen molar-refractivity contribution >= 4 is 21.6 Å². The highest BCUT2D eigenvalue weighted by Gasteiger charge is 1.92. The Hall–Kier alpha value is 0.720. The lowest BCUT2D eigenvalue weighted by molar-refractivity contribution is 0.585. The van der Waals surface area contributed by atoms with Gasteiger partial charge in [0.05, 0.1) is 0 Å². The second-order valence-electron chi connectivity index (χ2n) is 2.13. The summed E-state index contributed by atoms with van der Waals surface area (Å²) in [4.78, 5) is 0. The molecule has 0 radical (unpaired) electrons. The van der Waals surface area contributed by atoms with Crippen molar-refractivity contribution in [3.05, 3.63) is 0 Å². The first-order valence-electron chi connectivity index (χ1n) is 3.01. The van der Waals surface area contributed by atoms with Gasteiger partial charge in [-0.05, 0) is 12.1 Å². The molecular weight excluding hydrogens is 138 g/mol. The highest BCUT2D eigenvalue weighted by Crippen LogP contribution is 2.06. The van der Waals surface area contributed by atoms with Crippen LogP contribution in [0.3, 0.4) is 0 Å². The third kappa shape index (κ3) is 6.72. The Morgan fingerprint density at radius 2 is 2.00 bits per heavy atom. The zero-order chi connectivity index (χ0) is 5.70. The number of rotatable bonds is 3. The molecule has 0 aliphatic carbocycles. The fourth-order valence-corrected chi connectivity index (χ4v) is 0.846. The molecule has 0 bridgehead atoms. The van der Waals surface area contributed by atoms with Gasteiger partial charge in [0.1, 0.15) is 0 Å². The molecule has 0 amide bonds. The average Bonchev–Trinajstić information content (AvgIpc) is 1.68. The lowest BCUT2D eigenvalue weighted by Crippen LogP contribution is -1.92.